The zero-order valence-electron chi connectivity index (χ0n) is 10.9. The van der Waals surface area contributed by atoms with Crippen LogP contribution in [0.2, 0.25) is 0 Å². The van der Waals surface area contributed by atoms with Crippen molar-refractivity contribution in [3.05, 3.63) is 35.4 Å². The predicted molar refractivity (Wildman–Crippen MR) is 82.4 cm³/mol. The van der Waals surface area contributed by atoms with Gasteiger partial charge < -0.3 is 15.7 Å². The third-order valence-corrected chi connectivity index (χ3v) is 1.36. The molecule has 1 aromatic rings. The average molecular weight is 316 g/mol. The van der Waals surface area contributed by atoms with E-state index in [0.29, 0.717) is 0 Å². The minimum atomic E-state index is -1.13. The fourth-order valence-electron chi connectivity index (χ4n) is 0.785. The van der Waals surface area contributed by atoms with Crippen molar-refractivity contribution in [2.45, 2.75) is 0 Å². The van der Waals surface area contributed by atoms with Crippen LogP contribution in [0.4, 0.5) is 0 Å². The van der Waals surface area contributed by atoms with E-state index in [1.54, 1.807) is 0 Å². The molecule has 0 atom stereocenters. The van der Waals surface area contributed by atoms with E-state index >= 15 is 0 Å². The summed E-state index contributed by atoms with van der Waals surface area (Å²) in [4.78, 5) is 20.8. The number of hydrogen-bond donors (Lipinski definition) is 2. The molecule has 0 unspecified atom stereocenters. The van der Waals surface area contributed by atoms with Gasteiger partial charge in [-0.1, -0.05) is 6.07 Å². The molecule has 0 heterocycles. The topological polar surface area (TPSA) is 106 Å². The van der Waals surface area contributed by atoms with Gasteiger partial charge in [-0.05, 0) is 43.2 Å². The zero-order chi connectivity index (χ0) is 13.6. The molecule has 5 nitrogen and oxygen atoms in total. The molecule has 7 heteroatoms. The molecule has 0 aromatic heterocycles. The molecule has 0 aliphatic rings. The molecule has 4 N–H and O–H groups in total. The Balaban J connectivity index is -0.000000320. The molecule has 0 saturated carbocycles. The van der Waals surface area contributed by atoms with Gasteiger partial charge in [-0.25, -0.2) is 9.59 Å². The van der Waals surface area contributed by atoms with Gasteiger partial charge in [-0.2, -0.15) is 0 Å². The van der Waals surface area contributed by atoms with E-state index in [1.165, 1.54) is 18.2 Å². The Hall–Kier alpha value is 0.106. The Morgan fingerprint density at radius 3 is 1.42 bits per heavy atom. The summed E-state index contributed by atoms with van der Waals surface area (Å²) in [7, 11) is -0.167. The van der Waals surface area contributed by atoms with Crippen LogP contribution >= 0.6 is 10.0 Å². The Kier molecular flexibility index (Phi) is 13.8. The van der Waals surface area contributed by atoms with E-state index in [0.717, 1.165) is 6.07 Å². The number of carboxylic acid groups (broad SMARTS) is 2. The van der Waals surface area contributed by atoms with Crippen LogP contribution in [0.5, 0.6) is 0 Å². The van der Waals surface area contributed by atoms with E-state index in [1.807, 2.05) is 0 Å². The Morgan fingerprint density at radius 1 is 0.947 bits per heavy atom. The second kappa shape index (κ2) is 10.8. The van der Waals surface area contributed by atoms with Crippen LogP contribution in [0, 0.1) is 0 Å². The second-order valence-electron chi connectivity index (χ2n) is 4.64. The van der Waals surface area contributed by atoms with E-state index in [9.17, 15) is 9.59 Å². The van der Waals surface area contributed by atoms with E-state index in [2.05, 4.69) is 25.0 Å². The Labute approximate surface area is 157 Å². The molecule has 19 heavy (non-hydrogen) atoms. The van der Waals surface area contributed by atoms with Crippen molar-refractivity contribution >= 4 is 73.4 Å². The van der Waals surface area contributed by atoms with E-state index < -0.39 is 11.9 Å². The van der Waals surface area contributed by atoms with Crippen LogP contribution in [0.1, 0.15) is 20.7 Å². The van der Waals surface area contributed by atoms with Crippen LogP contribution in [0.25, 0.3) is 0 Å². The Morgan fingerprint density at radius 2 is 1.21 bits per heavy atom. The summed E-state index contributed by atoms with van der Waals surface area (Å²) in [5.74, 6) is -2.25. The van der Waals surface area contributed by atoms with Crippen molar-refractivity contribution in [3.63, 3.8) is 0 Å². The van der Waals surface area contributed by atoms with Gasteiger partial charge in [0.2, 0.25) is 0 Å². The first kappa shape index (κ1) is 24.1. The molecule has 0 fully saturated rings. The normalized spacial score (nSPS) is 9.89. The molecule has 0 aliphatic heterocycles. The molecule has 106 valence electrons. The molecule has 1 aromatic carbocycles. The van der Waals surface area contributed by atoms with Crippen LogP contribution in [0.3, 0.4) is 0 Å². The van der Waals surface area contributed by atoms with Gasteiger partial charge in [0.05, 0.1) is 11.1 Å². The Bertz CT molecular complexity index is 380. The monoisotopic (exact) mass is 316 g/mol. The number of carboxylic acids is 2. The molecule has 1 rings (SSSR count). The number of benzene rings is 1. The standard InChI is InChI=1S/C8H6O4.C4H12S.K.H2O.H/c9-7(10)5-2-1-3-6(4-5)8(11)12;1-5(2,3)4;;;/h1-4H,(H,9,10)(H,11,12);1-4H3;;1H2;. The van der Waals surface area contributed by atoms with Crippen molar-refractivity contribution < 1.29 is 25.3 Å². The molecular formula is C12H21KO5S. The molecule has 0 radical (unpaired) electrons. The molecule has 0 bridgehead atoms. The summed E-state index contributed by atoms with van der Waals surface area (Å²) in [5, 5.41) is 17.0. The van der Waals surface area contributed by atoms with Crippen molar-refractivity contribution in [2.24, 2.45) is 0 Å². The molecule has 0 aliphatic carbocycles. The van der Waals surface area contributed by atoms with Gasteiger partial charge in [-0.3, -0.25) is 10.0 Å². The summed E-state index contributed by atoms with van der Waals surface area (Å²) in [6.45, 7) is 0. The van der Waals surface area contributed by atoms with Gasteiger partial charge in [0.15, 0.2) is 0 Å². The minimum absolute atomic E-state index is 0. The van der Waals surface area contributed by atoms with Gasteiger partial charge in [0.1, 0.15) is 0 Å². The summed E-state index contributed by atoms with van der Waals surface area (Å²) in [5.41, 5.74) is -0.0372. The average Bonchev–Trinajstić information content (AvgIpc) is 2.15. The van der Waals surface area contributed by atoms with Crippen molar-refractivity contribution in [2.75, 3.05) is 25.0 Å². The van der Waals surface area contributed by atoms with Gasteiger partial charge in [0.25, 0.3) is 0 Å². The molecule has 0 saturated heterocycles. The first-order chi connectivity index (χ1) is 7.61. The van der Waals surface area contributed by atoms with Crippen molar-refractivity contribution in [1.82, 2.24) is 0 Å². The maximum absolute atomic E-state index is 10.4. The van der Waals surface area contributed by atoms with E-state index in [-0.39, 0.29) is 78.0 Å². The van der Waals surface area contributed by atoms with E-state index in [4.69, 9.17) is 10.2 Å². The fraction of sp³-hybridized carbons (Fsp3) is 0.333. The van der Waals surface area contributed by atoms with Gasteiger partial charge in [-0.15, -0.1) is 0 Å². The zero-order valence-corrected chi connectivity index (χ0v) is 11.7. The number of carbonyl (C=O) groups is 2. The second-order valence-corrected chi connectivity index (χ2v) is 9.54. The first-order valence-electron chi connectivity index (χ1n) is 4.81. The van der Waals surface area contributed by atoms with Crippen molar-refractivity contribution in [3.8, 4) is 0 Å². The van der Waals surface area contributed by atoms with Crippen LogP contribution in [-0.4, -0.2) is 104 Å². The summed E-state index contributed by atoms with van der Waals surface area (Å²) >= 11 is 0. The third-order valence-electron chi connectivity index (χ3n) is 1.36. The third kappa shape index (κ3) is 14.3. The number of aromatic carboxylic acids is 2. The predicted octanol–water partition coefficient (Wildman–Crippen LogP) is 0.920. The summed E-state index contributed by atoms with van der Waals surface area (Å²) < 4.78 is 0. The first-order valence-corrected chi connectivity index (χ1v) is 8.08. The van der Waals surface area contributed by atoms with Crippen molar-refractivity contribution in [1.29, 1.82) is 0 Å². The molecule has 0 amide bonds. The quantitative estimate of drug-likeness (QED) is 0.791. The number of hydrogen-bond acceptors (Lipinski definition) is 2. The van der Waals surface area contributed by atoms with Crippen LogP contribution < -0.4 is 0 Å². The van der Waals surface area contributed by atoms with Gasteiger partial charge >= 0.3 is 63.3 Å². The fourth-order valence-corrected chi connectivity index (χ4v) is 0.785. The van der Waals surface area contributed by atoms with Gasteiger partial charge in [0, 0.05) is 0 Å². The molecule has 0 spiro atoms. The van der Waals surface area contributed by atoms with Crippen LogP contribution in [0.15, 0.2) is 24.3 Å². The van der Waals surface area contributed by atoms with Crippen LogP contribution in [-0.2, 0) is 0 Å². The maximum atomic E-state index is 10.4. The SMILES string of the molecule is CS(C)(C)C.O.O=C(O)c1cccc(C(=O)O)c1.[KH]. The summed E-state index contributed by atoms with van der Waals surface area (Å²) in [6, 6.07) is 5.20. The molecular weight excluding hydrogens is 295 g/mol. The summed E-state index contributed by atoms with van der Waals surface area (Å²) in [6.07, 6.45) is 9.08. The number of rotatable bonds is 2.